The van der Waals surface area contributed by atoms with Crippen LogP contribution in [-0.4, -0.2) is 48.4 Å². The third-order valence-corrected chi connectivity index (χ3v) is 5.99. The van der Waals surface area contributed by atoms with Crippen molar-refractivity contribution < 1.29 is 13.5 Å². The molecule has 1 aromatic rings. The summed E-state index contributed by atoms with van der Waals surface area (Å²) < 4.78 is 28.0. The second-order valence-electron chi connectivity index (χ2n) is 5.34. The molecule has 1 fully saturated rings. The number of piperidine rings is 1. The molecule has 1 atom stereocenters. The van der Waals surface area contributed by atoms with E-state index in [1.807, 2.05) is 6.07 Å². The van der Waals surface area contributed by atoms with Crippen molar-refractivity contribution in [3.05, 3.63) is 34.9 Å². The summed E-state index contributed by atoms with van der Waals surface area (Å²) in [7, 11) is -2.02. The van der Waals surface area contributed by atoms with Gasteiger partial charge in [0.15, 0.2) is 0 Å². The number of aliphatic hydroxyl groups excluding tert-OH is 1. The number of halogens is 1. The van der Waals surface area contributed by atoms with E-state index in [-0.39, 0.29) is 19.2 Å². The minimum atomic E-state index is -3.57. The van der Waals surface area contributed by atoms with E-state index in [9.17, 15) is 13.5 Å². The summed E-state index contributed by atoms with van der Waals surface area (Å²) >= 11 is 5.93. The van der Waals surface area contributed by atoms with Crippen LogP contribution in [0.4, 0.5) is 0 Å². The number of rotatable bonds is 5. The van der Waals surface area contributed by atoms with Gasteiger partial charge in [0.2, 0.25) is 0 Å². The van der Waals surface area contributed by atoms with Crippen LogP contribution in [0, 0.1) is 0 Å². The maximum atomic E-state index is 12.7. The zero-order valence-corrected chi connectivity index (χ0v) is 13.6. The Labute approximate surface area is 131 Å². The first-order chi connectivity index (χ1) is 9.95. The number of nitrogens with zero attached hydrogens (tertiary/aromatic N) is 2. The highest BCUT2D eigenvalue weighted by molar-refractivity contribution is 7.86. The fourth-order valence-corrected chi connectivity index (χ4v) is 4.41. The van der Waals surface area contributed by atoms with Crippen LogP contribution in [0.2, 0.25) is 5.02 Å². The van der Waals surface area contributed by atoms with Crippen LogP contribution in [0.5, 0.6) is 0 Å². The van der Waals surface area contributed by atoms with Crippen molar-refractivity contribution in [1.29, 1.82) is 0 Å². The average molecular weight is 333 g/mol. The average Bonchev–Trinajstić information content (AvgIpc) is 2.47. The molecule has 5 nitrogen and oxygen atoms in total. The zero-order chi connectivity index (χ0) is 15.5. The quantitative estimate of drug-likeness (QED) is 0.895. The number of benzene rings is 1. The van der Waals surface area contributed by atoms with Gasteiger partial charge in [-0.15, -0.1) is 0 Å². The molecule has 0 spiro atoms. The zero-order valence-electron chi connectivity index (χ0n) is 12.1. The maximum Gasteiger partial charge on any atom is 0.282 e. The van der Waals surface area contributed by atoms with Crippen LogP contribution in [0.3, 0.4) is 0 Å². The van der Waals surface area contributed by atoms with E-state index in [1.54, 1.807) is 25.2 Å². The van der Waals surface area contributed by atoms with Gasteiger partial charge in [-0.1, -0.05) is 30.2 Å². The highest BCUT2D eigenvalue weighted by Crippen LogP contribution is 2.23. The van der Waals surface area contributed by atoms with Crippen molar-refractivity contribution in [3.8, 4) is 0 Å². The lowest BCUT2D eigenvalue weighted by atomic mass is 10.1. The lowest BCUT2D eigenvalue weighted by Gasteiger charge is -2.36. The van der Waals surface area contributed by atoms with Crippen LogP contribution in [-0.2, 0) is 16.8 Å². The highest BCUT2D eigenvalue weighted by atomic mass is 35.5. The summed E-state index contributed by atoms with van der Waals surface area (Å²) in [4.78, 5) is 0. The van der Waals surface area contributed by atoms with Crippen molar-refractivity contribution in [3.63, 3.8) is 0 Å². The molecule has 7 heteroatoms. The van der Waals surface area contributed by atoms with Crippen LogP contribution in [0.15, 0.2) is 24.3 Å². The molecule has 0 aliphatic carbocycles. The topological polar surface area (TPSA) is 60.9 Å². The molecule has 2 rings (SSSR count). The first kappa shape index (κ1) is 16.7. The normalized spacial score (nSPS) is 20.9. The molecule has 1 unspecified atom stereocenters. The maximum absolute atomic E-state index is 12.7. The summed E-state index contributed by atoms with van der Waals surface area (Å²) in [6, 6.07) is 6.84. The van der Waals surface area contributed by atoms with Gasteiger partial charge >= 0.3 is 0 Å². The molecule has 1 aliphatic heterocycles. The molecule has 0 bridgehead atoms. The Hall–Kier alpha value is -0.660. The van der Waals surface area contributed by atoms with Gasteiger partial charge in [-0.3, -0.25) is 0 Å². The molecule has 0 saturated carbocycles. The fraction of sp³-hybridized carbons (Fsp3) is 0.571. The van der Waals surface area contributed by atoms with Gasteiger partial charge in [0, 0.05) is 31.2 Å². The van der Waals surface area contributed by atoms with Crippen molar-refractivity contribution in [2.75, 3.05) is 20.2 Å². The minimum absolute atomic E-state index is 0.135. The van der Waals surface area contributed by atoms with E-state index in [1.165, 1.54) is 8.61 Å². The lowest BCUT2D eigenvalue weighted by Crippen LogP contribution is -2.50. The van der Waals surface area contributed by atoms with E-state index in [0.717, 1.165) is 18.4 Å². The molecular weight excluding hydrogens is 312 g/mol. The van der Waals surface area contributed by atoms with Crippen molar-refractivity contribution in [2.24, 2.45) is 0 Å². The predicted molar refractivity (Wildman–Crippen MR) is 83.3 cm³/mol. The van der Waals surface area contributed by atoms with Gasteiger partial charge in [0.25, 0.3) is 10.2 Å². The Kier molecular flexibility index (Phi) is 5.62. The molecule has 0 amide bonds. The van der Waals surface area contributed by atoms with E-state index in [2.05, 4.69) is 0 Å². The Morgan fingerprint density at radius 2 is 2.19 bits per heavy atom. The SMILES string of the molecule is CN(Cc1cccc(Cl)c1)S(=O)(=O)N1CCCCC1CO. The highest BCUT2D eigenvalue weighted by Gasteiger charge is 2.34. The Balaban J connectivity index is 2.14. The molecule has 1 heterocycles. The van der Waals surface area contributed by atoms with Gasteiger partial charge in [-0.05, 0) is 30.5 Å². The first-order valence-corrected chi connectivity index (χ1v) is 8.81. The second kappa shape index (κ2) is 7.07. The summed E-state index contributed by atoms with van der Waals surface area (Å²) in [6.45, 7) is 0.592. The van der Waals surface area contributed by atoms with Gasteiger partial charge in [-0.2, -0.15) is 17.0 Å². The largest absolute Gasteiger partial charge is 0.395 e. The van der Waals surface area contributed by atoms with Crippen molar-refractivity contribution >= 4 is 21.8 Å². The smallest absolute Gasteiger partial charge is 0.282 e. The summed E-state index contributed by atoms with van der Waals surface area (Å²) in [5, 5.41) is 9.98. The first-order valence-electron chi connectivity index (χ1n) is 7.03. The van der Waals surface area contributed by atoms with Crippen LogP contribution < -0.4 is 0 Å². The second-order valence-corrected chi connectivity index (χ2v) is 7.76. The Morgan fingerprint density at radius 1 is 1.43 bits per heavy atom. The molecule has 1 saturated heterocycles. The molecule has 1 aromatic carbocycles. The van der Waals surface area contributed by atoms with Crippen LogP contribution in [0.1, 0.15) is 24.8 Å². The number of hydrogen-bond acceptors (Lipinski definition) is 3. The molecule has 0 radical (unpaired) electrons. The third kappa shape index (κ3) is 3.96. The number of aliphatic hydroxyl groups is 1. The molecule has 118 valence electrons. The third-order valence-electron chi connectivity index (χ3n) is 3.77. The monoisotopic (exact) mass is 332 g/mol. The van der Waals surface area contributed by atoms with Gasteiger partial charge in [0.05, 0.1) is 6.61 Å². The summed E-state index contributed by atoms with van der Waals surface area (Å²) in [6.07, 6.45) is 2.50. The van der Waals surface area contributed by atoms with Gasteiger partial charge < -0.3 is 5.11 Å². The minimum Gasteiger partial charge on any atom is -0.395 e. The lowest BCUT2D eigenvalue weighted by molar-refractivity contribution is 0.149. The molecule has 1 aliphatic rings. The van der Waals surface area contributed by atoms with Gasteiger partial charge in [-0.25, -0.2) is 0 Å². The molecule has 1 N–H and O–H groups in total. The van der Waals surface area contributed by atoms with Crippen molar-refractivity contribution in [1.82, 2.24) is 8.61 Å². The van der Waals surface area contributed by atoms with E-state index in [0.29, 0.717) is 18.0 Å². The summed E-state index contributed by atoms with van der Waals surface area (Å²) in [5.74, 6) is 0. The van der Waals surface area contributed by atoms with Crippen LogP contribution >= 0.6 is 11.6 Å². The number of hydrogen-bond donors (Lipinski definition) is 1. The molecular formula is C14H21ClN2O3S. The Morgan fingerprint density at radius 3 is 2.86 bits per heavy atom. The standard InChI is InChI=1S/C14H21ClN2O3S/c1-16(10-12-5-4-6-13(15)9-12)21(19,20)17-8-3-2-7-14(17)11-18/h4-6,9,14,18H,2-3,7-8,10-11H2,1H3. The molecule has 0 aromatic heterocycles. The van der Waals surface area contributed by atoms with E-state index < -0.39 is 10.2 Å². The van der Waals surface area contributed by atoms with Crippen molar-refractivity contribution in [2.45, 2.75) is 31.8 Å². The van der Waals surface area contributed by atoms with E-state index in [4.69, 9.17) is 11.6 Å². The van der Waals surface area contributed by atoms with Crippen LogP contribution in [0.25, 0.3) is 0 Å². The van der Waals surface area contributed by atoms with Gasteiger partial charge in [0.1, 0.15) is 0 Å². The van der Waals surface area contributed by atoms with E-state index >= 15 is 0 Å². The predicted octanol–water partition coefficient (Wildman–Crippen LogP) is 1.86. The Bertz CT molecular complexity index is 579. The molecule has 21 heavy (non-hydrogen) atoms. The summed E-state index contributed by atoms with van der Waals surface area (Å²) in [5.41, 5.74) is 0.839. The fourth-order valence-electron chi connectivity index (χ4n) is 2.61.